The normalized spacial score (nSPS) is 13.5. The molecule has 1 fully saturated rings. The number of anilines is 3. The molecule has 0 amide bonds. The van der Waals surface area contributed by atoms with Gasteiger partial charge in [0.15, 0.2) is 0 Å². The van der Waals surface area contributed by atoms with E-state index in [1.54, 1.807) is 0 Å². The molecule has 1 aliphatic rings. The third-order valence-corrected chi connectivity index (χ3v) is 13.8. The number of para-hydroxylation sites is 5. The van der Waals surface area contributed by atoms with Gasteiger partial charge in [-0.15, -0.1) is 0 Å². The zero-order valence-electron chi connectivity index (χ0n) is 37.1. The van der Waals surface area contributed by atoms with Crippen molar-refractivity contribution < 1.29 is 0 Å². The van der Waals surface area contributed by atoms with Gasteiger partial charge in [0, 0.05) is 38.7 Å². The van der Waals surface area contributed by atoms with Crippen LogP contribution in [0.4, 0.5) is 17.1 Å². The van der Waals surface area contributed by atoms with Gasteiger partial charge >= 0.3 is 0 Å². The first-order valence-corrected chi connectivity index (χ1v) is 23.2. The molecule has 1 heterocycles. The highest BCUT2D eigenvalue weighted by Crippen LogP contribution is 2.51. The molecule has 2 nitrogen and oxygen atoms in total. The van der Waals surface area contributed by atoms with Crippen LogP contribution in [-0.4, -0.2) is 4.57 Å². The number of aromatic nitrogens is 1. The van der Waals surface area contributed by atoms with Crippen molar-refractivity contribution in [1.82, 2.24) is 4.57 Å². The second kappa shape index (κ2) is 16.5. The molecule has 9 aromatic carbocycles. The van der Waals surface area contributed by atoms with E-state index in [9.17, 15) is 0 Å². The molecule has 0 atom stereocenters. The Bertz CT molecular complexity index is 3280. The van der Waals surface area contributed by atoms with E-state index in [1.165, 1.54) is 109 Å². The summed E-state index contributed by atoms with van der Waals surface area (Å²) in [5.74, 6) is 0.563. The smallest absolute Gasteiger partial charge is 0.0620 e. The fourth-order valence-corrected chi connectivity index (χ4v) is 10.7. The van der Waals surface area contributed by atoms with Crippen LogP contribution in [0.2, 0.25) is 0 Å². The zero-order chi connectivity index (χ0) is 43.2. The molecule has 312 valence electrons. The highest BCUT2D eigenvalue weighted by molar-refractivity contribution is 6.15. The van der Waals surface area contributed by atoms with E-state index in [1.807, 2.05) is 0 Å². The second-order valence-corrected chi connectivity index (χ2v) is 18.7. The van der Waals surface area contributed by atoms with Gasteiger partial charge < -0.3 is 9.47 Å². The van der Waals surface area contributed by atoms with Crippen molar-refractivity contribution >= 4 is 49.6 Å². The highest BCUT2D eigenvalue weighted by atomic mass is 15.2. The lowest BCUT2D eigenvalue weighted by atomic mass is 9.80. The summed E-state index contributed by atoms with van der Waals surface area (Å²) >= 11 is 0. The Balaban J connectivity index is 1.24. The van der Waals surface area contributed by atoms with Crippen LogP contribution in [0.15, 0.2) is 206 Å². The van der Waals surface area contributed by atoms with Crippen LogP contribution >= 0.6 is 0 Å². The summed E-state index contributed by atoms with van der Waals surface area (Å²) in [6.45, 7) is 6.98. The van der Waals surface area contributed by atoms with Crippen molar-refractivity contribution in [3.05, 3.63) is 217 Å². The minimum Gasteiger partial charge on any atom is -0.309 e. The Kier molecular flexibility index (Phi) is 10.2. The fraction of sp³-hybridized carbons (Fsp3) is 0.161. The van der Waals surface area contributed by atoms with Crippen LogP contribution in [0, 0.1) is 0 Å². The van der Waals surface area contributed by atoms with Crippen molar-refractivity contribution in [3.8, 4) is 39.1 Å². The number of nitrogens with zero attached hydrogens (tertiary/aromatic N) is 2. The predicted molar refractivity (Wildman–Crippen MR) is 274 cm³/mol. The molecule has 0 bridgehead atoms. The van der Waals surface area contributed by atoms with Gasteiger partial charge in [-0.25, -0.2) is 0 Å². The lowest BCUT2D eigenvalue weighted by molar-refractivity contribution is 0.445. The molecule has 0 saturated heterocycles. The average Bonchev–Trinajstić information content (AvgIpc) is 3.69. The molecular weight excluding hydrogens is 773 g/mol. The van der Waals surface area contributed by atoms with Gasteiger partial charge in [-0.05, 0) is 93.6 Å². The van der Waals surface area contributed by atoms with Gasteiger partial charge in [-0.3, -0.25) is 0 Å². The van der Waals surface area contributed by atoms with Crippen molar-refractivity contribution in [2.75, 3.05) is 4.90 Å². The Morgan fingerprint density at radius 1 is 0.453 bits per heavy atom. The number of rotatable bonds is 8. The Morgan fingerprint density at radius 3 is 1.77 bits per heavy atom. The molecular formula is C62H54N2. The summed E-state index contributed by atoms with van der Waals surface area (Å²) in [7, 11) is 0. The maximum atomic E-state index is 2.60. The molecule has 0 spiro atoms. The number of fused-ring (bicyclic) bond motifs is 4. The van der Waals surface area contributed by atoms with E-state index in [4.69, 9.17) is 0 Å². The Hall–Kier alpha value is -7.16. The molecule has 0 radical (unpaired) electrons. The van der Waals surface area contributed by atoms with Crippen LogP contribution in [0.25, 0.3) is 71.6 Å². The van der Waals surface area contributed by atoms with E-state index in [0.717, 1.165) is 22.7 Å². The van der Waals surface area contributed by atoms with Crippen molar-refractivity contribution in [2.24, 2.45) is 0 Å². The van der Waals surface area contributed by atoms with Crippen LogP contribution in [0.3, 0.4) is 0 Å². The molecule has 2 heteroatoms. The first-order chi connectivity index (χ1) is 31.4. The molecule has 0 aliphatic heterocycles. The minimum atomic E-state index is -0.0819. The minimum absolute atomic E-state index is 0.0819. The number of hydrogen-bond donors (Lipinski definition) is 0. The van der Waals surface area contributed by atoms with Gasteiger partial charge in [0.25, 0.3) is 0 Å². The summed E-state index contributed by atoms with van der Waals surface area (Å²) in [4.78, 5) is 2.60. The van der Waals surface area contributed by atoms with Gasteiger partial charge in [0.2, 0.25) is 0 Å². The molecule has 1 aromatic heterocycles. The van der Waals surface area contributed by atoms with E-state index in [-0.39, 0.29) is 5.41 Å². The second-order valence-electron chi connectivity index (χ2n) is 18.7. The first-order valence-electron chi connectivity index (χ1n) is 23.2. The van der Waals surface area contributed by atoms with Gasteiger partial charge in [0.05, 0.1) is 28.1 Å². The predicted octanol–water partition coefficient (Wildman–Crippen LogP) is 17.8. The van der Waals surface area contributed by atoms with Crippen LogP contribution in [0.5, 0.6) is 0 Å². The average molecular weight is 827 g/mol. The maximum Gasteiger partial charge on any atom is 0.0620 e. The van der Waals surface area contributed by atoms with E-state index < -0.39 is 0 Å². The Morgan fingerprint density at radius 2 is 1.03 bits per heavy atom. The quantitative estimate of drug-likeness (QED) is 0.148. The molecule has 0 unspecified atom stereocenters. The molecule has 11 rings (SSSR count). The summed E-state index contributed by atoms with van der Waals surface area (Å²) in [5.41, 5.74) is 16.9. The third-order valence-electron chi connectivity index (χ3n) is 13.8. The van der Waals surface area contributed by atoms with E-state index in [2.05, 4.69) is 236 Å². The van der Waals surface area contributed by atoms with Gasteiger partial charge in [-0.2, -0.15) is 0 Å². The molecule has 1 saturated carbocycles. The van der Waals surface area contributed by atoms with Crippen molar-refractivity contribution in [3.63, 3.8) is 0 Å². The fourth-order valence-electron chi connectivity index (χ4n) is 10.7. The van der Waals surface area contributed by atoms with Crippen LogP contribution < -0.4 is 4.90 Å². The SMILES string of the molecule is CC(C)(C)c1ccc(-c2ccccc2)c(N(c2ccccc2-c2cccc3cccc(C4CCCCC4)c23)c2ccccc2-c2cccc3c4ccccc4n(-c4ccccc4)c23)c1. The van der Waals surface area contributed by atoms with Crippen molar-refractivity contribution in [2.45, 2.75) is 64.2 Å². The molecule has 64 heavy (non-hydrogen) atoms. The lowest BCUT2D eigenvalue weighted by Crippen LogP contribution is -2.17. The number of benzene rings is 9. The van der Waals surface area contributed by atoms with Crippen LogP contribution in [0.1, 0.15) is 69.9 Å². The molecule has 10 aromatic rings. The highest BCUT2D eigenvalue weighted by Gasteiger charge is 2.28. The largest absolute Gasteiger partial charge is 0.309 e. The van der Waals surface area contributed by atoms with E-state index >= 15 is 0 Å². The topological polar surface area (TPSA) is 8.17 Å². The summed E-state index contributed by atoms with van der Waals surface area (Å²) in [6, 6.07) is 76.9. The third kappa shape index (κ3) is 6.99. The first kappa shape index (κ1) is 39.7. The van der Waals surface area contributed by atoms with Gasteiger partial charge in [-0.1, -0.05) is 210 Å². The lowest BCUT2D eigenvalue weighted by Gasteiger charge is -2.33. The number of hydrogen-bond acceptors (Lipinski definition) is 1. The molecule has 0 N–H and O–H groups in total. The summed E-state index contributed by atoms with van der Waals surface area (Å²) < 4.78 is 2.47. The van der Waals surface area contributed by atoms with E-state index in [0.29, 0.717) is 5.92 Å². The van der Waals surface area contributed by atoms with Crippen molar-refractivity contribution in [1.29, 1.82) is 0 Å². The summed E-state index contributed by atoms with van der Waals surface area (Å²) in [5, 5.41) is 5.19. The monoisotopic (exact) mass is 826 g/mol. The zero-order valence-corrected chi connectivity index (χ0v) is 37.1. The van der Waals surface area contributed by atoms with Crippen LogP contribution in [-0.2, 0) is 5.41 Å². The van der Waals surface area contributed by atoms with Gasteiger partial charge in [0.1, 0.15) is 0 Å². The Labute approximate surface area is 378 Å². The standard InChI is InChI=1S/C62H54N2/c1-62(2,3)46-40-41-48(43-22-7-4-8-23-43)59(42-46)64(57-38-17-13-30-50(57)53-34-20-27-45-26-19-33-49(60(45)53)44-24-9-5-10-25-44)58-39-18-15-32-52(58)55-36-21-35-54-51-31-14-16-37-56(51)63(61(54)55)47-28-11-6-12-29-47/h4,6-8,11-23,26-42,44H,5,9-10,24-25H2,1-3H3. The maximum absolute atomic E-state index is 2.60. The summed E-state index contributed by atoms with van der Waals surface area (Å²) in [6.07, 6.45) is 6.43. The molecule has 1 aliphatic carbocycles.